The minimum atomic E-state index is 0.0725. The van der Waals surface area contributed by atoms with E-state index in [1.807, 2.05) is 65.6 Å². The molecule has 33 heavy (non-hydrogen) atoms. The molecule has 0 aliphatic carbocycles. The third-order valence-electron chi connectivity index (χ3n) is 6.11. The SMILES string of the molecule is COc1ccc(N2CCN(C(=O)Cn3nc(-c4ccccc4)c4cc(Cl)ccc43)CC2)cc1. The second kappa shape index (κ2) is 9.16. The highest BCUT2D eigenvalue weighted by molar-refractivity contribution is 6.31. The summed E-state index contributed by atoms with van der Waals surface area (Å²) in [4.78, 5) is 17.4. The predicted molar refractivity (Wildman–Crippen MR) is 132 cm³/mol. The second-order valence-electron chi connectivity index (χ2n) is 8.10. The Morgan fingerprint density at radius 1 is 0.970 bits per heavy atom. The molecule has 7 heteroatoms. The summed E-state index contributed by atoms with van der Waals surface area (Å²) in [7, 11) is 1.67. The van der Waals surface area contributed by atoms with Crippen LogP contribution >= 0.6 is 11.6 Å². The van der Waals surface area contributed by atoms with Crippen molar-refractivity contribution < 1.29 is 9.53 Å². The average Bonchev–Trinajstić information content (AvgIpc) is 3.22. The van der Waals surface area contributed by atoms with Crippen LogP contribution in [0, 0.1) is 0 Å². The van der Waals surface area contributed by atoms with Crippen LogP contribution in [0.4, 0.5) is 5.69 Å². The maximum absolute atomic E-state index is 13.2. The molecular weight excluding hydrogens is 436 g/mol. The number of carbonyl (C=O) groups excluding carboxylic acids is 1. The largest absolute Gasteiger partial charge is 0.497 e. The minimum absolute atomic E-state index is 0.0725. The van der Waals surface area contributed by atoms with Gasteiger partial charge in [-0.3, -0.25) is 9.48 Å². The summed E-state index contributed by atoms with van der Waals surface area (Å²) in [6, 6.07) is 23.7. The summed E-state index contributed by atoms with van der Waals surface area (Å²) in [5.41, 5.74) is 3.89. The van der Waals surface area contributed by atoms with Crippen molar-refractivity contribution in [2.24, 2.45) is 0 Å². The van der Waals surface area contributed by atoms with Crippen molar-refractivity contribution in [1.29, 1.82) is 0 Å². The van der Waals surface area contributed by atoms with Crippen molar-refractivity contribution in [3.8, 4) is 17.0 Å². The van der Waals surface area contributed by atoms with E-state index in [4.69, 9.17) is 21.4 Å². The Morgan fingerprint density at radius 2 is 1.70 bits per heavy atom. The van der Waals surface area contributed by atoms with Gasteiger partial charge in [0.15, 0.2) is 0 Å². The van der Waals surface area contributed by atoms with Gasteiger partial charge in [0, 0.05) is 47.8 Å². The molecule has 4 aromatic rings. The van der Waals surface area contributed by atoms with E-state index in [1.165, 1.54) is 0 Å². The Labute approximate surface area is 197 Å². The standard InChI is InChI=1S/C26H25ClN4O2/c1-33-22-10-8-21(9-11-22)29-13-15-30(16-14-29)25(32)18-31-24-12-7-20(27)17-23(24)26(28-31)19-5-3-2-4-6-19/h2-12,17H,13-16,18H2,1H3. The highest BCUT2D eigenvalue weighted by atomic mass is 35.5. The zero-order chi connectivity index (χ0) is 22.8. The van der Waals surface area contributed by atoms with E-state index in [9.17, 15) is 4.79 Å². The second-order valence-corrected chi connectivity index (χ2v) is 8.54. The van der Waals surface area contributed by atoms with Crippen molar-refractivity contribution in [3.05, 3.63) is 77.8 Å². The Bertz CT molecular complexity index is 1260. The number of nitrogens with zero attached hydrogens (tertiary/aromatic N) is 4. The molecule has 0 unspecified atom stereocenters. The summed E-state index contributed by atoms with van der Waals surface area (Å²) < 4.78 is 7.04. The zero-order valence-electron chi connectivity index (χ0n) is 18.4. The van der Waals surface area contributed by atoms with Gasteiger partial charge in [0.1, 0.15) is 18.0 Å². The lowest BCUT2D eigenvalue weighted by molar-refractivity contribution is -0.132. The molecule has 6 nitrogen and oxygen atoms in total. The van der Waals surface area contributed by atoms with Crippen LogP contribution in [0.5, 0.6) is 5.75 Å². The molecule has 0 bridgehead atoms. The van der Waals surface area contributed by atoms with Crippen molar-refractivity contribution in [1.82, 2.24) is 14.7 Å². The molecule has 1 saturated heterocycles. The molecule has 5 rings (SSSR count). The summed E-state index contributed by atoms with van der Waals surface area (Å²) in [5.74, 6) is 0.915. The Balaban J connectivity index is 1.31. The monoisotopic (exact) mass is 460 g/mol. The van der Waals surface area contributed by atoms with Crippen LogP contribution in [-0.4, -0.2) is 53.9 Å². The van der Waals surface area contributed by atoms with E-state index in [2.05, 4.69) is 17.0 Å². The van der Waals surface area contributed by atoms with Crippen LogP contribution in [0.15, 0.2) is 72.8 Å². The molecule has 0 saturated carbocycles. The fraction of sp³-hybridized carbons (Fsp3) is 0.231. The summed E-state index contributed by atoms with van der Waals surface area (Å²) in [5, 5.41) is 6.41. The summed E-state index contributed by atoms with van der Waals surface area (Å²) >= 11 is 6.27. The molecule has 0 atom stereocenters. The van der Waals surface area contributed by atoms with Crippen LogP contribution in [0.1, 0.15) is 0 Å². The molecular formula is C26H25ClN4O2. The van der Waals surface area contributed by atoms with Crippen LogP contribution in [0.3, 0.4) is 0 Å². The maximum atomic E-state index is 13.2. The average molecular weight is 461 g/mol. The van der Waals surface area contributed by atoms with Gasteiger partial charge in [0.05, 0.1) is 12.6 Å². The number of methoxy groups -OCH3 is 1. The van der Waals surface area contributed by atoms with E-state index in [0.717, 1.165) is 46.7 Å². The molecule has 3 aromatic carbocycles. The normalized spacial score (nSPS) is 14.0. The smallest absolute Gasteiger partial charge is 0.244 e. The Hall–Kier alpha value is -3.51. The zero-order valence-corrected chi connectivity index (χ0v) is 19.2. The molecule has 1 aromatic heterocycles. The maximum Gasteiger partial charge on any atom is 0.244 e. The van der Waals surface area contributed by atoms with Gasteiger partial charge in [-0.25, -0.2) is 0 Å². The summed E-state index contributed by atoms with van der Waals surface area (Å²) in [6.07, 6.45) is 0. The quantitative estimate of drug-likeness (QED) is 0.432. The number of halogens is 1. The third kappa shape index (κ3) is 4.39. The molecule has 0 spiro atoms. The number of rotatable bonds is 5. The molecule has 2 heterocycles. The number of carbonyl (C=O) groups is 1. The lowest BCUT2D eigenvalue weighted by Gasteiger charge is -2.36. The van der Waals surface area contributed by atoms with Crippen molar-refractivity contribution in [2.45, 2.75) is 6.54 Å². The van der Waals surface area contributed by atoms with E-state index in [1.54, 1.807) is 11.8 Å². The fourth-order valence-corrected chi connectivity index (χ4v) is 4.49. The highest BCUT2D eigenvalue weighted by Crippen LogP contribution is 2.30. The van der Waals surface area contributed by atoms with Crippen LogP contribution in [0.25, 0.3) is 22.2 Å². The third-order valence-corrected chi connectivity index (χ3v) is 6.35. The van der Waals surface area contributed by atoms with Gasteiger partial charge in [0.25, 0.3) is 0 Å². The Morgan fingerprint density at radius 3 is 2.39 bits per heavy atom. The molecule has 0 N–H and O–H groups in total. The van der Waals surface area contributed by atoms with Gasteiger partial charge in [-0.2, -0.15) is 5.10 Å². The topological polar surface area (TPSA) is 50.6 Å². The first-order valence-corrected chi connectivity index (χ1v) is 11.4. The summed E-state index contributed by atoms with van der Waals surface area (Å²) in [6.45, 7) is 3.15. The number of hydrogen-bond acceptors (Lipinski definition) is 4. The van der Waals surface area contributed by atoms with Gasteiger partial charge in [0.2, 0.25) is 5.91 Å². The minimum Gasteiger partial charge on any atom is -0.497 e. The fourth-order valence-electron chi connectivity index (χ4n) is 4.32. The number of anilines is 1. The van der Waals surface area contributed by atoms with E-state index < -0.39 is 0 Å². The number of aromatic nitrogens is 2. The number of piperazine rings is 1. The van der Waals surface area contributed by atoms with E-state index in [-0.39, 0.29) is 12.5 Å². The first kappa shape index (κ1) is 21.3. The first-order valence-electron chi connectivity index (χ1n) is 11.0. The van der Waals surface area contributed by atoms with Crippen molar-refractivity contribution in [3.63, 3.8) is 0 Å². The van der Waals surface area contributed by atoms with Gasteiger partial charge in [-0.15, -0.1) is 0 Å². The van der Waals surface area contributed by atoms with Crippen molar-refractivity contribution in [2.75, 3.05) is 38.2 Å². The number of hydrogen-bond donors (Lipinski definition) is 0. The molecule has 168 valence electrons. The first-order chi connectivity index (χ1) is 16.1. The van der Waals surface area contributed by atoms with Crippen molar-refractivity contribution >= 4 is 34.1 Å². The lowest BCUT2D eigenvalue weighted by Crippen LogP contribution is -2.49. The van der Waals surface area contributed by atoms with Crippen LogP contribution in [0.2, 0.25) is 5.02 Å². The predicted octanol–water partition coefficient (Wildman–Crippen LogP) is 4.71. The molecule has 1 fully saturated rings. The molecule has 1 aliphatic heterocycles. The Kier molecular flexibility index (Phi) is 5.92. The molecule has 1 aliphatic rings. The highest BCUT2D eigenvalue weighted by Gasteiger charge is 2.23. The van der Waals surface area contributed by atoms with Crippen LogP contribution < -0.4 is 9.64 Å². The number of ether oxygens (including phenoxy) is 1. The van der Waals surface area contributed by atoms with E-state index in [0.29, 0.717) is 18.1 Å². The van der Waals surface area contributed by atoms with Gasteiger partial charge in [-0.05, 0) is 42.5 Å². The lowest BCUT2D eigenvalue weighted by atomic mass is 10.1. The van der Waals surface area contributed by atoms with Gasteiger partial charge >= 0.3 is 0 Å². The van der Waals surface area contributed by atoms with Gasteiger partial charge < -0.3 is 14.5 Å². The van der Waals surface area contributed by atoms with E-state index >= 15 is 0 Å². The number of amides is 1. The number of benzene rings is 3. The van der Waals surface area contributed by atoms with Gasteiger partial charge in [-0.1, -0.05) is 41.9 Å². The van der Waals surface area contributed by atoms with Crippen LogP contribution in [-0.2, 0) is 11.3 Å². The molecule has 1 amide bonds. The number of fused-ring (bicyclic) bond motifs is 1. The molecule has 0 radical (unpaired) electrons.